The average Bonchev–Trinajstić information content (AvgIpc) is 2.73. The van der Waals surface area contributed by atoms with Crippen LogP contribution in [0.1, 0.15) is 22.3 Å². The molecule has 0 fully saturated rings. The van der Waals surface area contributed by atoms with Gasteiger partial charge in [0.15, 0.2) is 0 Å². The Morgan fingerprint density at radius 1 is 0.533 bits per heavy atom. The highest BCUT2D eigenvalue weighted by Gasteiger charge is 2.13. The molecule has 0 atom stereocenters. The minimum Gasteiger partial charge on any atom is -0.507 e. The van der Waals surface area contributed by atoms with Gasteiger partial charge in [0, 0.05) is 11.1 Å². The molecule has 30 heavy (non-hydrogen) atoms. The van der Waals surface area contributed by atoms with Gasteiger partial charge in [0.2, 0.25) is 0 Å². The van der Waals surface area contributed by atoms with E-state index in [-0.39, 0.29) is 11.5 Å². The lowest BCUT2D eigenvalue weighted by Gasteiger charge is -2.11. The first-order valence-electron chi connectivity index (χ1n) is 9.89. The number of aryl methyl sites for hydroxylation is 4. The molecule has 4 nitrogen and oxygen atoms in total. The molecule has 2 N–H and O–H groups in total. The van der Waals surface area contributed by atoms with Crippen LogP contribution in [0.5, 0.6) is 11.5 Å². The Labute approximate surface area is 176 Å². The van der Waals surface area contributed by atoms with E-state index in [1.807, 2.05) is 88.4 Å². The molecule has 0 unspecified atom stereocenters. The van der Waals surface area contributed by atoms with Crippen molar-refractivity contribution in [2.45, 2.75) is 27.7 Å². The van der Waals surface area contributed by atoms with E-state index in [4.69, 9.17) is 9.97 Å². The first-order valence-corrected chi connectivity index (χ1v) is 9.89. The molecule has 0 saturated carbocycles. The maximum Gasteiger partial charge on any atom is 0.127 e. The van der Waals surface area contributed by atoms with Gasteiger partial charge < -0.3 is 10.2 Å². The fourth-order valence-corrected chi connectivity index (χ4v) is 3.77. The van der Waals surface area contributed by atoms with Crippen molar-refractivity contribution in [3.05, 3.63) is 82.9 Å². The number of phenolic OH excluding ortho intramolecular Hbond substituents is 2. The third-order valence-corrected chi connectivity index (χ3v) is 5.20. The molecule has 0 bridgehead atoms. The Morgan fingerprint density at radius 3 is 1.30 bits per heavy atom. The van der Waals surface area contributed by atoms with Crippen LogP contribution < -0.4 is 0 Å². The van der Waals surface area contributed by atoms with Crippen molar-refractivity contribution in [3.63, 3.8) is 0 Å². The summed E-state index contributed by atoms with van der Waals surface area (Å²) >= 11 is 0. The summed E-state index contributed by atoms with van der Waals surface area (Å²) in [6.45, 7) is 7.77. The van der Waals surface area contributed by atoms with Crippen LogP contribution in [0.4, 0.5) is 0 Å². The molecule has 0 saturated heterocycles. The number of hydrogen-bond acceptors (Lipinski definition) is 4. The number of rotatable bonds is 3. The third kappa shape index (κ3) is 3.64. The topological polar surface area (TPSA) is 66.2 Å². The Hall–Kier alpha value is -3.66. The first-order chi connectivity index (χ1) is 14.3. The lowest BCUT2D eigenvalue weighted by molar-refractivity contribution is 0.472. The van der Waals surface area contributed by atoms with E-state index >= 15 is 0 Å². The van der Waals surface area contributed by atoms with Gasteiger partial charge in [-0.25, -0.2) is 9.97 Å². The molecule has 4 heteroatoms. The fraction of sp³-hybridized carbons (Fsp3) is 0.154. The highest BCUT2D eigenvalue weighted by molar-refractivity contribution is 5.74. The van der Waals surface area contributed by atoms with Crippen LogP contribution in [0.3, 0.4) is 0 Å². The number of pyridine rings is 2. The first kappa shape index (κ1) is 19.6. The van der Waals surface area contributed by atoms with E-state index in [9.17, 15) is 10.2 Å². The van der Waals surface area contributed by atoms with E-state index in [0.29, 0.717) is 33.9 Å². The van der Waals surface area contributed by atoms with Crippen LogP contribution in [0, 0.1) is 27.7 Å². The van der Waals surface area contributed by atoms with Crippen LogP contribution in [-0.2, 0) is 0 Å². The van der Waals surface area contributed by atoms with E-state index in [2.05, 4.69) is 0 Å². The Kier molecular flexibility index (Phi) is 5.00. The molecule has 0 aliphatic heterocycles. The van der Waals surface area contributed by atoms with Crippen LogP contribution in [0.15, 0.2) is 60.7 Å². The zero-order valence-electron chi connectivity index (χ0n) is 17.6. The maximum atomic E-state index is 10.5. The molecule has 2 aromatic heterocycles. The van der Waals surface area contributed by atoms with Gasteiger partial charge in [-0.3, -0.25) is 0 Å². The second-order valence-electron chi connectivity index (χ2n) is 7.77. The van der Waals surface area contributed by atoms with E-state index in [1.54, 1.807) is 0 Å². The minimum absolute atomic E-state index is 0.243. The van der Waals surface area contributed by atoms with Crippen molar-refractivity contribution in [3.8, 4) is 45.4 Å². The lowest BCUT2D eigenvalue weighted by atomic mass is 10.0. The monoisotopic (exact) mass is 396 g/mol. The summed E-state index contributed by atoms with van der Waals surface area (Å²) in [5.41, 5.74) is 7.99. The molecular weight excluding hydrogens is 372 g/mol. The molecular formula is C26H24N2O2. The number of benzene rings is 2. The summed E-state index contributed by atoms with van der Waals surface area (Å²) in [5.74, 6) is 0.485. The summed E-state index contributed by atoms with van der Waals surface area (Å²) in [5, 5.41) is 21.1. The van der Waals surface area contributed by atoms with Crippen LogP contribution in [-0.4, -0.2) is 20.2 Å². The molecule has 0 spiro atoms. The molecule has 150 valence electrons. The van der Waals surface area contributed by atoms with E-state index in [0.717, 1.165) is 22.3 Å². The molecule has 4 rings (SSSR count). The lowest BCUT2D eigenvalue weighted by Crippen LogP contribution is -1.94. The standard InChI is InChI=1S/C26H24N2O2/c1-15-11-17(3)25(29)19(13-15)21-7-5-9-23(27-21)24-10-6-8-22(28-24)20-14-16(2)12-18(4)26(20)30/h5-14,29-30H,1-4H3. The predicted octanol–water partition coefficient (Wildman–Crippen LogP) is 6.12. The Balaban J connectivity index is 1.81. The average molecular weight is 396 g/mol. The smallest absolute Gasteiger partial charge is 0.127 e. The van der Waals surface area contributed by atoms with Gasteiger partial charge in [0.1, 0.15) is 11.5 Å². The van der Waals surface area contributed by atoms with Crippen LogP contribution >= 0.6 is 0 Å². The molecule has 0 aliphatic carbocycles. The largest absolute Gasteiger partial charge is 0.507 e. The van der Waals surface area contributed by atoms with Crippen LogP contribution in [0.2, 0.25) is 0 Å². The highest BCUT2D eigenvalue weighted by Crippen LogP contribution is 2.35. The van der Waals surface area contributed by atoms with Gasteiger partial charge >= 0.3 is 0 Å². The maximum absolute atomic E-state index is 10.5. The SMILES string of the molecule is Cc1cc(C)c(O)c(-c2cccc(-c3cccc(-c4cc(C)cc(C)c4O)n3)n2)c1. The summed E-state index contributed by atoms with van der Waals surface area (Å²) in [4.78, 5) is 9.53. The number of aromatic hydroxyl groups is 2. The number of nitrogens with zero attached hydrogens (tertiary/aromatic N) is 2. The molecule has 0 aliphatic rings. The normalized spacial score (nSPS) is 10.9. The quantitative estimate of drug-likeness (QED) is 0.438. The van der Waals surface area contributed by atoms with Gasteiger partial charge in [-0.05, 0) is 86.3 Å². The zero-order chi connectivity index (χ0) is 21.4. The molecule has 2 aromatic carbocycles. The number of aromatic nitrogens is 2. The second-order valence-corrected chi connectivity index (χ2v) is 7.77. The predicted molar refractivity (Wildman–Crippen MR) is 121 cm³/mol. The van der Waals surface area contributed by atoms with E-state index < -0.39 is 0 Å². The molecule has 2 heterocycles. The van der Waals surface area contributed by atoms with Gasteiger partial charge in [0.25, 0.3) is 0 Å². The molecule has 4 aromatic rings. The van der Waals surface area contributed by atoms with Crippen molar-refractivity contribution in [1.29, 1.82) is 0 Å². The Morgan fingerprint density at radius 2 is 0.900 bits per heavy atom. The summed E-state index contributed by atoms with van der Waals surface area (Å²) in [6.07, 6.45) is 0. The fourth-order valence-electron chi connectivity index (χ4n) is 3.77. The highest BCUT2D eigenvalue weighted by atomic mass is 16.3. The summed E-state index contributed by atoms with van der Waals surface area (Å²) < 4.78 is 0. The minimum atomic E-state index is 0.243. The van der Waals surface area contributed by atoms with Gasteiger partial charge in [-0.2, -0.15) is 0 Å². The second kappa shape index (κ2) is 7.64. The third-order valence-electron chi connectivity index (χ3n) is 5.20. The Bertz CT molecular complexity index is 1160. The van der Waals surface area contributed by atoms with Gasteiger partial charge in [-0.15, -0.1) is 0 Å². The number of phenols is 2. The van der Waals surface area contributed by atoms with Crippen LogP contribution in [0.25, 0.3) is 33.9 Å². The van der Waals surface area contributed by atoms with Crippen molar-refractivity contribution in [2.75, 3.05) is 0 Å². The molecule has 0 amide bonds. The van der Waals surface area contributed by atoms with Gasteiger partial charge in [-0.1, -0.05) is 24.3 Å². The van der Waals surface area contributed by atoms with Gasteiger partial charge in [0.05, 0.1) is 22.8 Å². The molecule has 0 radical (unpaired) electrons. The number of hydrogen-bond donors (Lipinski definition) is 2. The van der Waals surface area contributed by atoms with Crippen molar-refractivity contribution >= 4 is 0 Å². The van der Waals surface area contributed by atoms with Crippen molar-refractivity contribution < 1.29 is 10.2 Å². The van der Waals surface area contributed by atoms with Crippen molar-refractivity contribution in [2.24, 2.45) is 0 Å². The zero-order valence-corrected chi connectivity index (χ0v) is 17.6. The summed E-state index contributed by atoms with van der Waals surface area (Å²) in [6, 6.07) is 19.2. The van der Waals surface area contributed by atoms with E-state index in [1.165, 1.54) is 0 Å². The van der Waals surface area contributed by atoms with Crippen molar-refractivity contribution in [1.82, 2.24) is 9.97 Å². The summed E-state index contributed by atoms with van der Waals surface area (Å²) in [7, 11) is 0.